The molecule has 1 aliphatic rings. The molecule has 5 nitrogen and oxygen atoms in total. The Morgan fingerprint density at radius 3 is 2.83 bits per heavy atom. The molecule has 1 saturated heterocycles. The van der Waals surface area contributed by atoms with Crippen LogP contribution in [0.25, 0.3) is 0 Å². The van der Waals surface area contributed by atoms with Crippen LogP contribution in [0.4, 0.5) is 0 Å². The average molecular weight is 272 g/mol. The van der Waals surface area contributed by atoms with Crippen LogP contribution in [0.15, 0.2) is 0 Å². The fraction of sp³-hybridized carbons (Fsp3) is 0.667. The molecular formula is C12H18ClN3O2. The number of amides is 1. The zero-order chi connectivity index (χ0) is 13.3. The van der Waals surface area contributed by atoms with Gasteiger partial charge in [-0.15, -0.1) is 0 Å². The summed E-state index contributed by atoms with van der Waals surface area (Å²) in [5.74, 6) is -0.00573. The van der Waals surface area contributed by atoms with E-state index in [4.69, 9.17) is 11.6 Å². The predicted molar refractivity (Wildman–Crippen MR) is 68.5 cm³/mol. The molecule has 1 fully saturated rings. The number of carbonyl (C=O) groups excluding carboxylic acids is 1. The van der Waals surface area contributed by atoms with E-state index in [1.165, 1.54) is 0 Å². The largest absolute Gasteiger partial charge is 0.394 e. The number of aliphatic hydroxyl groups is 1. The van der Waals surface area contributed by atoms with E-state index >= 15 is 0 Å². The van der Waals surface area contributed by atoms with Gasteiger partial charge >= 0.3 is 0 Å². The lowest BCUT2D eigenvalue weighted by molar-refractivity contribution is -0.133. The summed E-state index contributed by atoms with van der Waals surface area (Å²) in [6, 6.07) is -0.0371. The van der Waals surface area contributed by atoms with Gasteiger partial charge in [0.25, 0.3) is 0 Å². The van der Waals surface area contributed by atoms with Gasteiger partial charge in [0, 0.05) is 6.54 Å². The number of likely N-dealkylation sites (tertiary alicyclic amines) is 1. The maximum Gasteiger partial charge on any atom is 0.244 e. The van der Waals surface area contributed by atoms with Gasteiger partial charge in [0.15, 0.2) is 0 Å². The molecule has 0 bridgehead atoms. The first-order chi connectivity index (χ1) is 8.54. The summed E-state index contributed by atoms with van der Waals surface area (Å²) in [5, 5.41) is 14.1. The van der Waals surface area contributed by atoms with Crippen molar-refractivity contribution in [2.24, 2.45) is 0 Å². The molecule has 100 valence electrons. The van der Waals surface area contributed by atoms with Crippen molar-refractivity contribution in [2.75, 3.05) is 13.2 Å². The molecule has 1 unspecified atom stereocenters. The molecule has 18 heavy (non-hydrogen) atoms. The molecule has 6 heteroatoms. The molecule has 2 heterocycles. The molecule has 0 spiro atoms. The molecule has 1 amide bonds. The highest BCUT2D eigenvalue weighted by atomic mass is 35.5. The van der Waals surface area contributed by atoms with Crippen LogP contribution in [0.1, 0.15) is 24.2 Å². The SMILES string of the molecule is Cc1nn(CC(=O)N2CCCC2CO)c(C)c1Cl. The molecule has 1 N–H and O–H groups in total. The highest BCUT2D eigenvalue weighted by Gasteiger charge is 2.28. The number of hydrogen-bond acceptors (Lipinski definition) is 3. The fourth-order valence-corrected chi connectivity index (χ4v) is 2.54. The number of halogens is 1. The van der Waals surface area contributed by atoms with E-state index in [-0.39, 0.29) is 25.1 Å². The third-order valence-corrected chi connectivity index (χ3v) is 4.03. The lowest BCUT2D eigenvalue weighted by Gasteiger charge is -2.23. The Morgan fingerprint density at radius 1 is 1.56 bits per heavy atom. The van der Waals surface area contributed by atoms with E-state index in [1.807, 2.05) is 13.8 Å². The fourth-order valence-electron chi connectivity index (χ4n) is 2.40. The normalized spacial score (nSPS) is 19.6. The molecular weight excluding hydrogens is 254 g/mol. The van der Waals surface area contributed by atoms with Gasteiger partial charge in [-0.3, -0.25) is 9.48 Å². The number of aromatic nitrogens is 2. The van der Waals surface area contributed by atoms with Crippen LogP contribution < -0.4 is 0 Å². The molecule has 0 saturated carbocycles. The van der Waals surface area contributed by atoms with Crippen LogP contribution in [-0.4, -0.2) is 44.9 Å². The van der Waals surface area contributed by atoms with Crippen LogP contribution >= 0.6 is 11.6 Å². The van der Waals surface area contributed by atoms with Crippen LogP contribution in [0.5, 0.6) is 0 Å². The molecule has 2 rings (SSSR count). The van der Waals surface area contributed by atoms with E-state index in [1.54, 1.807) is 9.58 Å². The van der Waals surface area contributed by atoms with Gasteiger partial charge < -0.3 is 10.0 Å². The summed E-state index contributed by atoms with van der Waals surface area (Å²) in [7, 11) is 0. The zero-order valence-electron chi connectivity index (χ0n) is 10.7. The minimum absolute atomic E-state index is 0.00573. The molecule has 0 radical (unpaired) electrons. The Hall–Kier alpha value is -1.07. The van der Waals surface area contributed by atoms with Gasteiger partial charge in [0.2, 0.25) is 5.91 Å². The number of rotatable bonds is 3. The van der Waals surface area contributed by atoms with Crippen LogP contribution in [0, 0.1) is 13.8 Å². The van der Waals surface area contributed by atoms with Crippen molar-refractivity contribution in [3.8, 4) is 0 Å². The van der Waals surface area contributed by atoms with E-state index in [9.17, 15) is 9.90 Å². The van der Waals surface area contributed by atoms with Gasteiger partial charge in [-0.1, -0.05) is 11.6 Å². The standard InChI is InChI=1S/C12H18ClN3O2/c1-8-12(13)9(2)16(14-8)6-11(18)15-5-3-4-10(15)7-17/h10,17H,3-7H2,1-2H3. The Balaban J connectivity index is 2.09. The minimum atomic E-state index is -0.0371. The van der Waals surface area contributed by atoms with Gasteiger partial charge in [0.05, 0.1) is 29.1 Å². The topological polar surface area (TPSA) is 58.4 Å². The van der Waals surface area contributed by atoms with Crippen molar-refractivity contribution in [3.63, 3.8) is 0 Å². The molecule has 1 atom stereocenters. The van der Waals surface area contributed by atoms with Gasteiger partial charge in [-0.05, 0) is 26.7 Å². The summed E-state index contributed by atoms with van der Waals surface area (Å²) >= 11 is 6.05. The van der Waals surface area contributed by atoms with Gasteiger partial charge in [-0.25, -0.2) is 0 Å². The molecule has 1 aromatic heterocycles. The minimum Gasteiger partial charge on any atom is -0.394 e. The summed E-state index contributed by atoms with van der Waals surface area (Å²) in [5.41, 5.74) is 1.55. The van der Waals surface area contributed by atoms with Crippen molar-refractivity contribution >= 4 is 17.5 Å². The number of nitrogens with zero attached hydrogens (tertiary/aromatic N) is 3. The van der Waals surface area contributed by atoms with Crippen molar-refractivity contribution in [3.05, 3.63) is 16.4 Å². The molecule has 0 aromatic carbocycles. The third kappa shape index (κ3) is 2.37. The van der Waals surface area contributed by atoms with E-state index in [0.717, 1.165) is 30.8 Å². The number of carbonyl (C=O) groups is 1. The van der Waals surface area contributed by atoms with E-state index in [2.05, 4.69) is 5.10 Å². The quantitative estimate of drug-likeness (QED) is 0.897. The second-order valence-corrected chi connectivity index (χ2v) is 5.09. The second-order valence-electron chi connectivity index (χ2n) is 4.71. The Bertz CT molecular complexity index is 458. The van der Waals surface area contributed by atoms with Crippen molar-refractivity contribution in [2.45, 2.75) is 39.3 Å². The number of aliphatic hydroxyl groups excluding tert-OH is 1. The van der Waals surface area contributed by atoms with Crippen molar-refractivity contribution in [1.82, 2.24) is 14.7 Å². The maximum absolute atomic E-state index is 12.2. The lowest BCUT2D eigenvalue weighted by atomic mass is 10.2. The maximum atomic E-state index is 12.2. The molecule has 0 aliphatic carbocycles. The van der Waals surface area contributed by atoms with Crippen LogP contribution in [0.3, 0.4) is 0 Å². The monoisotopic (exact) mass is 271 g/mol. The molecule has 1 aliphatic heterocycles. The second kappa shape index (κ2) is 5.28. The zero-order valence-corrected chi connectivity index (χ0v) is 11.4. The summed E-state index contributed by atoms with van der Waals surface area (Å²) in [4.78, 5) is 13.9. The highest BCUT2D eigenvalue weighted by Crippen LogP contribution is 2.21. The summed E-state index contributed by atoms with van der Waals surface area (Å²) < 4.78 is 1.63. The highest BCUT2D eigenvalue weighted by molar-refractivity contribution is 6.31. The van der Waals surface area contributed by atoms with Crippen molar-refractivity contribution < 1.29 is 9.90 Å². The smallest absolute Gasteiger partial charge is 0.244 e. The third-order valence-electron chi connectivity index (χ3n) is 3.49. The predicted octanol–water partition coefficient (Wildman–Crippen LogP) is 1.14. The number of hydrogen-bond donors (Lipinski definition) is 1. The Kier molecular flexibility index (Phi) is 3.92. The Labute approximate surface area is 111 Å². The number of aryl methyl sites for hydroxylation is 1. The van der Waals surface area contributed by atoms with Crippen LogP contribution in [-0.2, 0) is 11.3 Å². The van der Waals surface area contributed by atoms with Crippen LogP contribution in [0.2, 0.25) is 5.02 Å². The van der Waals surface area contributed by atoms with E-state index < -0.39 is 0 Å². The first-order valence-corrected chi connectivity index (χ1v) is 6.52. The van der Waals surface area contributed by atoms with Gasteiger partial charge in [-0.2, -0.15) is 5.10 Å². The van der Waals surface area contributed by atoms with E-state index in [0.29, 0.717) is 5.02 Å². The lowest BCUT2D eigenvalue weighted by Crippen LogP contribution is -2.39. The van der Waals surface area contributed by atoms with Gasteiger partial charge in [0.1, 0.15) is 6.54 Å². The average Bonchev–Trinajstić information content (AvgIpc) is 2.91. The summed E-state index contributed by atoms with van der Waals surface area (Å²) in [6.07, 6.45) is 1.83. The first kappa shape index (κ1) is 13.4. The van der Waals surface area contributed by atoms with Crippen molar-refractivity contribution in [1.29, 1.82) is 0 Å². The Morgan fingerprint density at radius 2 is 2.28 bits per heavy atom. The summed E-state index contributed by atoms with van der Waals surface area (Å²) in [6.45, 7) is 4.61. The molecule has 1 aromatic rings. The first-order valence-electron chi connectivity index (χ1n) is 6.14.